The quantitative estimate of drug-likeness (QED) is 0.225. The molecule has 0 aliphatic carbocycles. The number of hydrogen-bond acceptors (Lipinski definition) is 7. The van der Waals surface area contributed by atoms with E-state index < -0.39 is 40.5 Å². The van der Waals surface area contributed by atoms with Crippen molar-refractivity contribution in [2.24, 2.45) is 4.99 Å². The first-order chi connectivity index (χ1) is 21.6. The van der Waals surface area contributed by atoms with Crippen molar-refractivity contribution in [2.75, 3.05) is 32.9 Å². The Morgan fingerprint density at radius 2 is 1.63 bits per heavy atom. The molecule has 0 radical (unpaired) electrons. The lowest BCUT2D eigenvalue weighted by molar-refractivity contribution is -0.284. The molecule has 4 rings (SSSR count). The fourth-order valence-electron chi connectivity index (χ4n) is 5.24. The molecule has 2 aromatic rings. The Labute approximate surface area is 264 Å². The Hall–Kier alpha value is -3.56. The number of aliphatic imine (C=N–C) groups is 1. The molecule has 252 valence electrons. The zero-order chi connectivity index (χ0) is 33.8. The molecule has 1 spiro atoms. The van der Waals surface area contributed by atoms with Crippen molar-refractivity contribution in [1.29, 1.82) is 0 Å². The second kappa shape index (κ2) is 14.1. The first kappa shape index (κ1) is 35.3. The number of benzene rings is 2. The van der Waals surface area contributed by atoms with Crippen molar-refractivity contribution in [2.45, 2.75) is 63.6 Å². The van der Waals surface area contributed by atoms with Crippen molar-refractivity contribution >= 4 is 27.8 Å². The van der Waals surface area contributed by atoms with Crippen LogP contribution in [0.2, 0.25) is 0 Å². The molecule has 9 nitrogen and oxygen atoms in total. The molecule has 2 aliphatic heterocycles. The molecular weight excluding hydrogens is 637 g/mol. The van der Waals surface area contributed by atoms with E-state index in [4.69, 9.17) is 14.6 Å². The maximum absolute atomic E-state index is 13.2. The number of sulfonamides is 1. The van der Waals surface area contributed by atoms with E-state index in [1.807, 2.05) is 13.8 Å². The number of rotatable bonds is 13. The van der Waals surface area contributed by atoms with Gasteiger partial charge in [-0.3, -0.25) is 9.79 Å². The molecule has 2 aromatic carbocycles. The van der Waals surface area contributed by atoms with E-state index in [2.05, 4.69) is 10.3 Å². The van der Waals surface area contributed by atoms with Crippen LogP contribution in [0.5, 0.6) is 11.5 Å². The van der Waals surface area contributed by atoms with Crippen molar-refractivity contribution in [3.8, 4) is 11.5 Å². The number of carbonyl (C=O) groups excluding carboxylic acids is 1. The van der Waals surface area contributed by atoms with Crippen LogP contribution in [0.4, 0.5) is 22.0 Å². The fourth-order valence-corrected chi connectivity index (χ4v) is 6.41. The average molecular weight is 674 g/mol. The van der Waals surface area contributed by atoms with Crippen LogP contribution in [0, 0.1) is 13.8 Å². The predicted molar refractivity (Wildman–Crippen MR) is 161 cm³/mol. The normalized spacial score (nSPS) is 17.4. The van der Waals surface area contributed by atoms with Crippen LogP contribution in [0.1, 0.15) is 54.4 Å². The molecule has 15 heteroatoms. The third-order valence-electron chi connectivity index (χ3n) is 7.86. The molecule has 2 aliphatic rings. The van der Waals surface area contributed by atoms with E-state index in [1.54, 1.807) is 24.3 Å². The Kier molecular flexibility index (Phi) is 10.8. The van der Waals surface area contributed by atoms with Crippen LogP contribution in [-0.2, 0) is 14.8 Å². The van der Waals surface area contributed by atoms with Gasteiger partial charge in [-0.05, 0) is 80.1 Å². The standard InChI is InChI=1S/C31H36F5N3O6S/c1-21-18-25(45-16-5-14-40)19-22(2)26(21)8-17-46(42,43)39-12-10-29(11-13-39)28(41)37-27(38-29)23-6-3-7-24(20-23)44-15-4-9-30(32,33)31(34,35)36/h3,6-8,17-20,40H,4-5,9-16H2,1-2H3,(H,37,38,41)/b17-8+. The number of aliphatic hydroxyl groups is 1. The van der Waals surface area contributed by atoms with E-state index >= 15 is 0 Å². The highest BCUT2D eigenvalue weighted by Gasteiger charge is 2.56. The number of hydrogen-bond donors (Lipinski definition) is 2. The summed E-state index contributed by atoms with van der Waals surface area (Å²) in [6, 6.07) is 9.79. The molecule has 2 N–H and O–H groups in total. The molecule has 0 unspecified atom stereocenters. The average Bonchev–Trinajstić information content (AvgIpc) is 3.29. The Balaban J connectivity index is 1.37. The maximum Gasteiger partial charge on any atom is 0.453 e. The number of nitrogens with one attached hydrogen (secondary N) is 1. The number of piperidine rings is 1. The SMILES string of the molecule is Cc1cc(OCCCO)cc(C)c1/C=C/S(=O)(=O)N1CCC2(CC1)N=C(c1cccc(OCCCC(F)(F)C(F)(F)F)c1)NC2=O. The lowest BCUT2D eigenvalue weighted by atomic mass is 9.89. The van der Waals surface area contributed by atoms with Gasteiger partial charge in [0.15, 0.2) is 0 Å². The molecule has 0 aromatic heterocycles. The second-order valence-electron chi connectivity index (χ2n) is 11.3. The van der Waals surface area contributed by atoms with Gasteiger partial charge in [-0.1, -0.05) is 12.1 Å². The van der Waals surface area contributed by atoms with Crippen LogP contribution < -0.4 is 14.8 Å². The number of amidine groups is 1. The van der Waals surface area contributed by atoms with Crippen molar-refractivity contribution in [3.63, 3.8) is 0 Å². The summed E-state index contributed by atoms with van der Waals surface area (Å²) in [7, 11) is -3.82. The van der Waals surface area contributed by atoms with Crippen LogP contribution in [0.25, 0.3) is 6.08 Å². The Bertz CT molecular complexity index is 1560. The van der Waals surface area contributed by atoms with E-state index in [0.717, 1.165) is 22.1 Å². The van der Waals surface area contributed by atoms with E-state index in [-0.39, 0.29) is 56.6 Å². The minimum absolute atomic E-state index is 0.0200. The summed E-state index contributed by atoms with van der Waals surface area (Å²) in [5, 5.41) is 12.8. The highest BCUT2D eigenvalue weighted by molar-refractivity contribution is 7.92. The first-order valence-corrected chi connectivity index (χ1v) is 16.2. The van der Waals surface area contributed by atoms with Gasteiger partial charge in [0, 0.05) is 43.5 Å². The largest absolute Gasteiger partial charge is 0.494 e. The number of nitrogens with zero attached hydrogens (tertiary/aromatic N) is 2. The predicted octanol–water partition coefficient (Wildman–Crippen LogP) is 5.13. The summed E-state index contributed by atoms with van der Waals surface area (Å²) in [6.07, 6.45) is -5.25. The number of amides is 1. The van der Waals surface area contributed by atoms with Gasteiger partial charge in [0.1, 0.15) is 22.9 Å². The third-order valence-corrected chi connectivity index (χ3v) is 9.43. The van der Waals surface area contributed by atoms with Gasteiger partial charge in [-0.25, -0.2) is 8.42 Å². The smallest absolute Gasteiger partial charge is 0.453 e. The molecule has 1 fully saturated rings. The summed E-state index contributed by atoms with van der Waals surface area (Å²) in [5.74, 6) is -4.13. The number of ether oxygens (including phenoxy) is 2. The topological polar surface area (TPSA) is 118 Å². The molecule has 0 atom stereocenters. The van der Waals surface area contributed by atoms with Crippen LogP contribution in [0.15, 0.2) is 46.8 Å². The van der Waals surface area contributed by atoms with Crippen molar-refractivity contribution < 1.29 is 49.7 Å². The number of halogens is 5. The van der Waals surface area contributed by atoms with Gasteiger partial charge in [-0.2, -0.15) is 26.3 Å². The van der Waals surface area contributed by atoms with Gasteiger partial charge in [0.05, 0.1) is 13.2 Å². The monoisotopic (exact) mass is 673 g/mol. The molecular formula is C31H36F5N3O6S. The van der Waals surface area contributed by atoms with Gasteiger partial charge in [0.2, 0.25) is 10.0 Å². The lowest BCUT2D eigenvalue weighted by Gasteiger charge is -2.34. The molecule has 1 saturated heterocycles. The maximum atomic E-state index is 13.2. The summed E-state index contributed by atoms with van der Waals surface area (Å²) in [6.45, 7) is 3.81. The van der Waals surface area contributed by atoms with Crippen LogP contribution >= 0.6 is 0 Å². The minimum atomic E-state index is -5.62. The van der Waals surface area contributed by atoms with E-state index in [9.17, 15) is 35.2 Å². The molecule has 2 heterocycles. The fraction of sp³-hybridized carbons (Fsp3) is 0.484. The van der Waals surface area contributed by atoms with Gasteiger partial charge < -0.3 is 19.9 Å². The third kappa shape index (κ3) is 8.23. The molecule has 0 saturated carbocycles. The van der Waals surface area contributed by atoms with E-state index in [1.165, 1.54) is 22.5 Å². The Morgan fingerprint density at radius 3 is 2.26 bits per heavy atom. The number of aliphatic hydroxyl groups excluding tert-OH is 1. The van der Waals surface area contributed by atoms with Gasteiger partial charge in [-0.15, -0.1) is 0 Å². The number of aryl methyl sites for hydroxylation is 2. The lowest BCUT2D eigenvalue weighted by Crippen LogP contribution is -2.50. The summed E-state index contributed by atoms with van der Waals surface area (Å²) >= 11 is 0. The summed E-state index contributed by atoms with van der Waals surface area (Å²) in [4.78, 5) is 17.6. The van der Waals surface area contributed by atoms with Crippen molar-refractivity contribution in [3.05, 3.63) is 64.1 Å². The number of alkyl halides is 5. The molecule has 0 bridgehead atoms. The van der Waals surface area contributed by atoms with Crippen LogP contribution in [-0.4, -0.2) is 80.1 Å². The number of carbonyl (C=O) groups is 1. The highest BCUT2D eigenvalue weighted by atomic mass is 32.2. The summed E-state index contributed by atoms with van der Waals surface area (Å²) < 4.78 is 102. The van der Waals surface area contributed by atoms with Crippen molar-refractivity contribution in [1.82, 2.24) is 9.62 Å². The van der Waals surface area contributed by atoms with Gasteiger partial charge >= 0.3 is 12.1 Å². The minimum Gasteiger partial charge on any atom is -0.494 e. The first-order valence-electron chi connectivity index (χ1n) is 14.7. The zero-order valence-electron chi connectivity index (χ0n) is 25.4. The second-order valence-corrected chi connectivity index (χ2v) is 13.1. The summed E-state index contributed by atoms with van der Waals surface area (Å²) in [5.41, 5.74) is 1.65. The zero-order valence-corrected chi connectivity index (χ0v) is 26.2. The highest BCUT2D eigenvalue weighted by Crippen LogP contribution is 2.39. The van der Waals surface area contributed by atoms with Crippen LogP contribution in [0.3, 0.4) is 0 Å². The van der Waals surface area contributed by atoms with Gasteiger partial charge in [0.25, 0.3) is 5.91 Å². The molecule has 1 amide bonds. The Morgan fingerprint density at radius 1 is 1.00 bits per heavy atom. The van der Waals surface area contributed by atoms with E-state index in [0.29, 0.717) is 24.3 Å². The molecule has 46 heavy (non-hydrogen) atoms.